The predicted molar refractivity (Wildman–Crippen MR) is 169 cm³/mol. The molecular weight excluding hydrogens is 574 g/mol. The smallest absolute Gasteiger partial charge is 0.229 e. The number of hydrogen-bond donors (Lipinski definition) is 3. The van der Waals surface area contributed by atoms with Crippen molar-refractivity contribution in [2.45, 2.75) is 108 Å². The molecule has 0 saturated heterocycles. The van der Waals surface area contributed by atoms with Crippen molar-refractivity contribution in [1.29, 1.82) is 0 Å². The number of halogens is 1. The highest BCUT2D eigenvalue weighted by Crippen LogP contribution is 2.40. The molecule has 2 heterocycles. The largest absolute Gasteiger partial charge is 0.489 e. The van der Waals surface area contributed by atoms with Crippen LogP contribution in [0.3, 0.4) is 0 Å². The summed E-state index contributed by atoms with van der Waals surface area (Å²) in [5.74, 6) is 1.86. The van der Waals surface area contributed by atoms with E-state index in [4.69, 9.17) is 22.1 Å². The Labute approximate surface area is 254 Å². The topological polar surface area (TPSA) is 137 Å². The lowest BCUT2D eigenvalue weighted by atomic mass is 9.82. The van der Waals surface area contributed by atoms with Gasteiger partial charge in [0.1, 0.15) is 10.8 Å². The number of ether oxygens (including phenoxy) is 1. The number of aryl methyl sites for hydroxylation is 2. The van der Waals surface area contributed by atoms with Gasteiger partial charge < -0.3 is 21.1 Å². The standard InChI is InChI=1S/C27H37ClN6O3S.C3H7N/c1-16(2)37-24-13-20(19-10-8-7-9-11-19)18(5)12-22(24)31-27-29-14-21(28)25(32-27)30-23-15-34(6)33-26(23)38(35,36)17(3)4;4-3-1-2-3/h12-17,19H,7-11H2,1-6H3,(H2,29,30,31,32);3H,1-2,4H2. The van der Waals surface area contributed by atoms with Gasteiger partial charge in [-0.25, -0.2) is 13.4 Å². The zero-order valence-electron chi connectivity index (χ0n) is 25.4. The molecule has 2 aromatic heterocycles. The van der Waals surface area contributed by atoms with Crippen molar-refractivity contribution in [3.05, 3.63) is 40.7 Å². The summed E-state index contributed by atoms with van der Waals surface area (Å²) in [5, 5.41) is 10.1. The number of nitrogens with two attached hydrogens (primary N) is 1. The van der Waals surface area contributed by atoms with E-state index in [-0.39, 0.29) is 22.0 Å². The number of aromatic nitrogens is 4. The molecule has 42 heavy (non-hydrogen) atoms. The Morgan fingerprint density at radius 3 is 2.31 bits per heavy atom. The summed E-state index contributed by atoms with van der Waals surface area (Å²) >= 11 is 6.40. The molecule has 0 spiro atoms. The van der Waals surface area contributed by atoms with Gasteiger partial charge in [0, 0.05) is 19.3 Å². The fourth-order valence-electron chi connectivity index (χ4n) is 4.85. The Bertz CT molecular complexity index is 1480. The summed E-state index contributed by atoms with van der Waals surface area (Å²) in [4.78, 5) is 8.90. The second-order valence-corrected chi connectivity index (χ2v) is 14.6. The molecule has 2 saturated carbocycles. The molecule has 0 radical (unpaired) electrons. The van der Waals surface area contributed by atoms with E-state index in [9.17, 15) is 8.42 Å². The molecule has 2 aliphatic rings. The molecule has 12 heteroatoms. The van der Waals surface area contributed by atoms with E-state index in [1.54, 1.807) is 27.1 Å². The number of nitrogens with one attached hydrogen (secondary N) is 2. The Morgan fingerprint density at radius 1 is 1.05 bits per heavy atom. The lowest BCUT2D eigenvalue weighted by Gasteiger charge is -2.26. The van der Waals surface area contributed by atoms with Crippen LogP contribution >= 0.6 is 11.6 Å². The third kappa shape index (κ3) is 8.14. The zero-order chi connectivity index (χ0) is 30.6. The van der Waals surface area contributed by atoms with Gasteiger partial charge in [-0.3, -0.25) is 4.68 Å². The lowest BCUT2D eigenvalue weighted by molar-refractivity contribution is 0.243. The molecular formula is C30H44ClN7O3S. The van der Waals surface area contributed by atoms with Crippen molar-refractivity contribution >= 4 is 44.6 Å². The average molecular weight is 618 g/mol. The normalized spacial score (nSPS) is 15.9. The first-order chi connectivity index (χ1) is 19.8. The van der Waals surface area contributed by atoms with Gasteiger partial charge in [0.2, 0.25) is 20.8 Å². The Kier molecular flexibility index (Phi) is 10.4. The highest BCUT2D eigenvalue weighted by Gasteiger charge is 2.27. The second kappa shape index (κ2) is 13.6. The van der Waals surface area contributed by atoms with Gasteiger partial charge in [0.25, 0.3) is 0 Å². The van der Waals surface area contributed by atoms with Crippen molar-refractivity contribution in [3.63, 3.8) is 0 Å². The van der Waals surface area contributed by atoms with Crippen molar-refractivity contribution in [3.8, 4) is 5.75 Å². The zero-order valence-corrected chi connectivity index (χ0v) is 27.0. The molecule has 0 aliphatic heterocycles. The van der Waals surface area contributed by atoms with Gasteiger partial charge in [-0.1, -0.05) is 30.9 Å². The van der Waals surface area contributed by atoms with E-state index >= 15 is 0 Å². The maximum atomic E-state index is 12.8. The maximum Gasteiger partial charge on any atom is 0.229 e. The average Bonchev–Trinajstić information content (AvgIpc) is 3.63. The van der Waals surface area contributed by atoms with Gasteiger partial charge in [-0.15, -0.1) is 0 Å². The van der Waals surface area contributed by atoms with Gasteiger partial charge in [0.15, 0.2) is 5.82 Å². The van der Waals surface area contributed by atoms with Crippen LogP contribution in [-0.4, -0.2) is 45.6 Å². The number of rotatable bonds is 9. The summed E-state index contributed by atoms with van der Waals surface area (Å²) in [7, 11) is -1.97. The van der Waals surface area contributed by atoms with E-state index in [2.05, 4.69) is 44.8 Å². The number of nitrogens with zero attached hydrogens (tertiary/aromatic N) is 4. The van der Waals surface area contributed by atoms with Crippen LogP contribution in [0.1, 0.15) is 89.7 Å². The van der Waals surface area contributed by atoms with Crippen LogP contribution in [-0.2, 0) is 16.9 Å². The first-order valence-corrected chi connectivity index (χ1v) is 16.7. The molecule has 1 aromatic carbocycles. The molecule has 230 valence electrons. The highest BCUT2D eigenvalue weighted by molar-refractivity contribution is 7.92. The monoisotopic (exact) mass is 617 g/mol. The number of sulfone groups is 1. The van der Waals surface area contributed by atoms with Crippen LogP contribution < -0.4 is 21.1 Å². The number of anilines is 4. The van der Waals surface area contributed by atoms with Crippen molar-refractivity contribution in [1.82, 2.24) is 19.7 Å². The molecule has 2 aliphatic carbocycles. The van der Waals surface area contributed by atoms with Crippen LogP contribution in [0.5, 0.6) is 5.75 Å². The van der Waals surface area contributed by atoms with Crippen molar-refractivity contribution in [2.75, 3.05) is 10.6 Å². The quantitative estimate of drug-likeness (QED) is 0.237. The van der Waals surface area contributed by atoms with E-state index in [0.717, 1.165) is 11.4 Å². The van der Waals surface area contributed by atoms with E-state index in [1.165, 1.54) is 67.0 Å². The molecule has 0 bridgehead atoms. The van der Waals surface area contributed by atoms with Crippen LogP contribution in [0.4, 0.5) is 23.1 Å². The van der Waals surface area contributed by atoms with Crippen LogP contribution in [0.15, 0.2) is 29.6 Å². The van der Waals surface area contributed by atoms with Crippen LogP contribution in [0, 0.1) is 6.92 Å². The van der Waals surface area contributed by atoms with E-state index in [0.29, 0.717) is 23.6 Å². The van der Waals surface area contributed by atoms with Crippen LogP contribution in [0.2, 0.25) is 5.02 Å². The third-order valence-corrected chi connectivity index (χ3v) is 9.68. The van der Waals surface area contributed by atoms with Gasteiger partial charge >= 0.3 is 0 Å². The molecule has 0 amide bonds. The molecule has 5 rings (SSSR count). The summed E-state index contributed by atoms with van der Waals surface area (Å²) < 4.78 is 33.3. The SMILES string of the molecule is Cc1cc(Nc2ncc(Cl)c(Nc3cn(C)nc3S(=O)(=O)C(C)C)n2)c(OC(C)C)cc1C1CCCCC1.NC1CC1. The molecule has 3 aromatic rings. The Morgan fingerprint density at radius 2 is 1.71 bits per heavy atom. The number of hydrogen-bond acceptors (Lipinski definition) is 9. The highest BCUT2D eigenvalue weighted by atomic mass is 35.5. The fraction of sp³-hybridized carbons (Fsp3) is 0.567. The Balaban J connectivity index is 0.000000932. The summed E-state index contributed by atoms with van der Waals surface area (Å²) in [6, 6.07) is 4.82. The second-order valence-electron chi connectivity index (χ2n) is 11.8. The minimum Gasteiger partial charge on any atom is -0.489 e. The number of benzene rings is 1. The lowest BCUT2D eigenvalue weighted by Crippen LogP contribution is -2.16. The molecule has 0 atom stereocenters. The van der Waals surface area contributed by atoms with Gasteiger partial charge in [-0.05, 0) is 89.5 Å². The van der Waals surface area contributed by atoms with Gasteiger partial charge in [0.05, 0.1) is 28.9 Å². The minimum absolute atomic E-state index is 0.00673. The maximum absolute atomic E-state index is 12.8. The molecule has 10 nitrogen and oxygen atoms in total. The van der Waals surface area contributed by atoms with E-state index in [1.807, 2.05) is 13.8 Å². The predicted octanol–water partition coefficient (Wildman–Crippen LogP) is 6.78. The molecule has 2 fully saturated rings. The minimum atomic E-state index is -3.63. The first-order valence-electron chi connectivity index (χ1n) is 14.8. The fourth-order valence-corrected chi connectivity index (χ4v) is 6.09. The molecule has 4 N–H and O–H groups in total. The van der Waals surface area contributed by atoms with Crippen molar-refractivity contribution in [2.24, 2.45) is 12.8 Å². The Hall–Kier alpha value is -2.89. The summed E-state index contributed by atoms with van der Waals surface area (Å²) in [5.41, 5.74) is 8.81. The third-order valence-electron chi connectivity index (χ3n) is 7.33. The summed E-state index contributed by atoms with van der Waals surface area (Å²) in [6.45, 7) is 9.36. The summed E-state index contributed by atoms with van der Waals surface area (Å²) in [6.07, 6.45) is 11.8. The van der Waals surface area contributed by atoms with Crippen LogP contribution in [0.25, 0.3) is 0 Å². The van der Waals surface area contributed by atoms with Gasteiger partial charge in [-0.2, -0.15) is 10.1 Å². The molecule has 0 unspecified atom stereocenters. The van der Waals surface area contributed by atoms with Crippen molar-refractivity contribution < 1.29 is 13.2 Å². The first kappa shape index (κ1) is 32.0. The van der Waals surface area contributed by atoms with E-state index < -0.39 is 15.1 Å².